The van der Waals surface area contributed by atoms with E-state index in [2.05, 4.69) is 11.4 Å². The SMILES string of the molecule is Cc1ccc(Cl)cc1NC(=O)Cc1cn(C)c2ccccc12. The second-order valence-corrected chi connectivity index (χ2v) is 5.90. The third-order valence-electron chi connectivity index (χ3n) is 3.80. The predicted molar refractivity (Wildman–Crippen MR) is 91.4 cm³/mol. The molecule has 0 saturated heterocycles. The summed E-state index contributed by atoms with van der Waals surface area (Å²) >= 11 is 5.99. The van der Waals surface area contributed by atoms with Crippen molar-refractivity contribution in [2.75, 3.05) is 5.32 Å². The van der Waals surface area contributed by atoms with Crippen LogP contribution in [0.25, 0.3) is 10.9 Å². The summed E-state index contributed by atoms with van der Waals surface area (Å²) in [6.07, 6.45) is 2.35. The minimum absolute atomic E-state index is 0.0401. The van der Waals surface area contributed by atoms with Crippen molar-refractivity contribution in [1.82, 2.24) is 4.57 Å². The largest absolute Gasteiger partial charge is 0.350 e. The lowest BCUT2D eigenvalue weighted by atomic mass is 10.1. The molecule has 0 bridgehead atoms. The van der Waals surface area contributed by atoms with Crippen LogP contribution in [0.4, 0.5) is 5.69 Å². The van der Waals surface area contributed by atoms with E-state index in [4.69, 9.17) is 11.6 Å². The smallest absolute Gasteiger partial charge is 0.228 e. The molecule has 0 radical (unpaired) electrons. The number of halogens is 1. The third kappa shape index (κ3) is 2.85. The molecule has 1 N–H and O–H groups in total. The molecule has 0 aliphatic carbocycles. The van der Waals surface area contributed by atoms with Crippen molar-refractivity contribution in [3.05, 3.63) is 64.8 Å². The molecule has 112 valence electrons. The molecule has 0 spiro atoms. The molecule has 3 nitrogen and oxygen atoms in total. The van der Waals surface area contributed by atoms with E-state index in [1.807, 2.05) is 55.1 Å². The van der Waals surface area contributed by atoms with E-state index in [0.29, 0.717) is 11.4 Å². The molecule has 4 heteroatoms. The number of nitrogens with one attached hydrogen (secondary N) is 1. The van der Waals surface area contributed by atoms with Crippen LogP contribution >= 0.6 is 11.6 Å². The monoisotopic (exact) mass is 312 g/mol. The van der Waals surface area contributed by atoms with E-state index >= 15 is 0 Å². The van der Waals surface area contributed by atoms with Gasteiger partial charge in [0.15, 0.2) is 0 Å². The summed E-state index contributed by atoms with van der Waals surface area (Å²) in [6.45, 7) is 1.95. The number of carbonyl (C=O) groups is 1. The van der Waals surface area contributed by atoms with Crippen molar-refractivity contribution in [2.45, 2.75) is 13.3 Å². The van der Waals surface area contributed by atoms with E-state index in [1.165, 1.54) is 0 Å². The number of rotatable bonds is 3. The van der Waals surface area contributed by atoms with Crippen molar-refractivity contribution >= 4 is 34.1 Å². The van der Waals surface area contributed by atoms with Gasteiger partial charge in [-0.2, -0.15) is 0 Å². The van der Waals surface area contributed by atoms with Gasteiger partial charge in [-0.1, -0.05) is 35.9 Å². The molecular formula is C18H17ClN2O. The van der Waals surface area contributed by atoms with Gasteiger partial charge in [0.1, 0.15) is 0 Å². The highest BCUT2D eigenvalue weighted by atomic mass is 35.5. The Bertz CT molecular complexity index is 851. The Kier molecular flexibility index (Phi) is 3.90. The number of benzene rings is 2. The van der Waals surface area contributed by atoms with Gasteiger partial charge in [0.2, 0.25) is 5.91 Å². The van der Waals surface area contributed by atoms with Gasteiger partial charge in [-0.25, -0.2) is 0 Å². The number of nitrogens with zero attached hydrogens (tertiary/aromatic N) is 1. The fourth-order valence-electron chi connectivity index (χ4n) is 2.66. The van der Waals surface area contributed by atoms with Crippen LogP contribution < -0.4 is 5.32 Å². The van der Waals surface area contributed by atoms with Crippen LogP contribution in [0.3, 0.4) is 0 Å². The number of para-hydroxylation sites is 1. The molecule has 22 heavy (non-hydrogen) atoms. The molecule has 3 aromatic rings. The molecular weight excluding hydrogens is 296 g/mol. The number of carbonyl (C=O) groups excluding carboxylic acids is 1. The van der Waals surface area contributed by atoms with Crippen molar-refractivity contribution in [1.29, 1.82) is 0 Å². The first-order chi connectivity index (χ1) is 10.5. The molecule has 0 aliphatic rings. The Morgan fingerprint density at radius 2 is 2.00 bits per heavy atom. The van der Waals surface area contributed by atoms with Crippen molar-refractivity contribution in [3.63, 3.8) is 0 Å². The average molecular weight is 313 g/mol. The molecule has 0 aliphatic heterocycles. The molecule has 0 fully saturated rings. The Balaban J connectivity index is 1.83. The number of anilines is 1. The number of fused-ring (bicyclic) bond motifs is 1. The highest BCUT2D eigenvalue weighted by molar-refractivity contribution is 6.31. The first kappa shape index (κ1) is 14.7. The highest BCUT2D eigenvalue weighted by Gasteiger charge is 2.11. The van der Waals surface area contributed by atoms with E-state index in [-0.39, 0.29) is 5.91 Å². The van der Waals surface area contributed by atoms with E-state index in [0.717, 1.165) is 27.7 Å². The molecule has 1 heterocycles. The minimum Gasteiger partial charge on any atom is -0.350 e. The van der Waals surface area contributed by atoms with Crippen molar-refractivity contribution in [3.8, 4) is 0 Å². The molecule has 1 amide bonds. The summed E-state index contributed by atoms with van der Waals surface area (Å²) in [4.78, 5) is 12.3. The summed E-state index contributed by atoms with van der Waals surface area (Å²) in [5.41, 5.74) is 3.91. The fraction of sp³-hybridized carbons (Fsp3) is 0.167. The van der Waals surface area contributed by atoms with Crippen LogP contribution in [-0.2, 0) is 18.3 Å². The van der Waals surface area contributed by atoms with Crippen LogP contribution in [0.15, 0.2) is 48.7 Å². The Morgan fingerprint density at radius 3 is 2.82 bits per heavy atom. The van der Waals surface area contributed by atoms with E-state index < -0.39 is 0 Å². The average Bonchev–Trinajstić information content (AvgIpc) is 2.80. The fourth-order valence-corrected chi connectivity index (χ4v) is 2.83. The summed E-state index contributed by atoms with van der Waals surface area (Å²) in [5, 5.41) is 4.67. The second-order valence-electron chi connectivity index (χ2n) is 5.47. The van der Waals surface area contributed by atoms with E-state index in [1.54, 1.807) is 6.07 Å². The standard InChI is InChI=1S/C18H17ClN2O/c1-12-7-8-14(19)10-16(12)20-18(22)9-13-11-21(2)17-6-4-3-5-15(13)17/h3-8,10-11H,9H2,1-2H3,(H,20,22). The van der Waals surface area contributed by atoms with Crippen LogP contribution in [0.2, 0.25) is 5.02 Å². The molecule has 0 saturated carbocycles. The molecule has 3 rings (SSSR count). The summed E-state index contributed by atoms with van der Waals surface area (Å²) in [7, 11) is 1.99. The van der Waals surface area contributed by atoms with Gasteiger partial charge in [-0.15, -0.1) is 0 Å². The van der Waals surface area contributed by atoms with Gasteiger partial charge in [0, 0.05) is 34.9 Å². The number of hydrogen-bond acceptors (Lipinski definition) is 1. The number of amides is 1. The van der Waals surface area contributed by atoms with Gasteiger partial charge in [0.25, 0.3) is 0 Å². The summed E-state index contributed by atoms with van der Waals surface area (Å²) in [5.74, 6) is -0.0401. The van der Waals surface area contributed by atoms with Gasteiger partial charge >= 0.3 is 0 Å². The zero-order valence-electron chi connectivity index (χ0n) is 12.6. The first-order valence-corrected chi connectivity index (χ1v) is 7.51. The van der Waals surface area contributed by atoms with Gasteiger partial charge in [-0.05, 0) is 36.2 Å². The number of aryl methyl sites for hydroxylation is 2. The van der Waals surface area contributed by atoms with Crippen LogP contribution in [-0.4, -0.2) is 10.5 Å². The predicted octanol–water partition coefficient (Wildman–Crippen LogP) is 4.32. The Labute approximate surface area is 134 Å². The van der Waals surface area contributed by atoms with Crippen molar-refractivity contribution < 1.29 is 4.79 Å². The lowest BCUT2D eigenvalue weighted by Gasteiger charge is -2.08. The number of aromatic nitrogens is 1. The van der Waals surface area contributed by atoms with Crippen LogP contribution in [0.5, 0.6) is 0 Å². The number of hydrogen-bond donors (Lipinski definition) is 1. The minimum atomic E-state index is -0.0401. The molecule has 0 atom stereocenters. The van der Waals surface area contributed by atoms with Crippen LogP contribution in [0.1, 0.15) is 11.1 Å². The topological polar surface area (TPSA) is 34.0 Å². The maximum Gasteiger partial charge on any atom is 0.228 e. The first-order valence-electron chi connectivity index (χ1n) is 7.13. The highest BCUT2D eigenvalue weighted by Crippen LogP contribution is 2.23. The lowest BCUT2D eigenvalue weighted by Crippen LogP contribution is -2.15. The normalized spacial score (nSPS) is 10.9. The van der Waals surface area contributed by atoms with Gasteiger partial charge < -0.3 is 9.88 Å². The van der Waals surface area contributed by atoms with E-state index in [9.17, 15) is 4.79 Å². The Hall–Kier alpha value is -2.26. The maximum absolute atomic E-state index is 12.3. The quantitative estimate of drug-likeness (QED) is 0.767. The third-order valence-corrected chi connectivity index (χ3v) is 4.04. The molecule has 0 unspecified atom stereocenters. The van der Waals surface area contributed by atoms with Crippen molar-refractivity contribution in [2.24, 2.45) is 7.05 Å². The summed E-state index contributed by atoms with van der Waals surface area (Å²) < 4.78 is 2.04. The second kappa shape index (κ2) is 5.85. The molecule has 2 aromatic carbocycles. The lowest BCUT2D eigenvalue weighted by molar-refractivity contribution is -0.115. The molecule has 1 aromatic heterocycles. The maximum atomic E-state index is 12.3. The Morgan fingerprint density at radius 1 is 1.23 bits per heavy atom. The summed E-state index contributed by atoms with van der Waals surface area (Å²) in [6, 6.07) is 13.6. The van der Waals surface area contributed by atoms with Gasteiger partial charge in [-0.3, -0.25) is 4.79 Å². The van der Waals surface area contributed by atoms with Crippen LogP contribution in [0, 0.1) is 6.92 Å². The zero-order chi connectivity index (χ0) is 15.7. The zero-order valence-corrected chi connectivity index (χ0v) is 13.3. The van der Waals surface area contributed by atoms with Gasteiger partial charge in [0.05, 0.1) is 6.42 Å².